The summed E-state index contributed by atoms with van der Waals surface area (Å²) in [5, 5.41) is 5.88. The number of carbonyl (C=O) groups is 1. The number of nitrogens with zero attached hydrogens (tertiary/aromatic N) is 1. The van der Waals surface area contributed by atoms with E-state index in [4.69, 9.17) is 0 Å². The molecule has 7 nitrogen and oxygen atoms in total. The second-order valence-electron chi connectivity index (χ2n) is 3.72. The molecule has 0 saturated carbocycles. The van der Waals surface area contributed by atoms with E-state index < -0.39 is 21.8 Å². The Balaban J connectivity index is 2.42. The number of ether oxygens (including phenoxy) is 1. The summed E-state index contributed by atoms with van der Waals surface area (Å²) >= 11 is 0. The second-order valence-corrected chi connectivity index (χ2v) is 5.40. The molecular weight excluding hydrogens is 289 g/mol. The van der Waals surface area contributed by atoms with Crippen molar-refractivity contribution in [2.75, 3.05) is 11.8 Å². The number of benzene rings is 1. The first-order valence-electron chi connectivity index (χ1n) is 5.33. The molecule has 0 unspecified atom stereocenters. The van der Waals surface area contributed by atoms with Crippen LogP contribution < -0.4 is 4.72 Å². The molecule has 0 bridgehead atoms. The average Bonchev–Trinajstić information content (AvgIpc) is 2.94. The van der Waals surface area contributed by atoms with Gasteiger partial charge in [0.05, 0.1) is 24.6 Å². The number of aromatic nitrogens is 2. The molecule has 0 fully saturated rings. The van der Waals surface area contributed by atoms with Crippen LogP contribution in [0.1, 0.15) is 10.4 Å². The number of hydrogen-bond acceptors (Lipinski definition) is 5. The van der Waals surface area contributed by atoms with Crippen molar-refractivity contribution >= 4 is 21.7 Å². The van der Waals surface area contributed by atoms with Gasteiger partial charge in [0.25, 0.3) is 10.0 Å². The number of esters is 1. The molecule has 0 spiro atoms. The molecule has 0 radical (unpaired) electrons. The predicted octanol–water partition coefficient (Wildman–Crippen LogP) is 1.14. The molecule has 2 N–H and O–H groups in total. The summed E-state index contributed by atoms with van der Waals surface area (Å²) in [5.74, 6) is -1.54. The summed E-state index contributed by atoms with van der Waals surface area (Å²) in [6.45, 7) is 0. The van der Waals surface area contributed by atoms with Crippen LogP contribution in [-0.4, -0.2) is 31.7 Å². The number of nitrogens with one attached hydrogen (secondary N) is 2. The number of sulfonamides is 1. The smallest absolute Gasteiger partial charge is 0.340 e. The molecule has 0 aliphatic heterocycles. The fraction of sp³-hybridized carbons (Fsp3) is 0.0909. The number of rotatable bonds is 4. The standard InChI is InChI=1S/C11H10FN3O4S/c1-19-11(16)9-4-7(12)2-3-10(9)15-20(17,18)8-5-13-14-6-8/h2-6,15H,1H3,(H,13,14). The topological polar surface area (TPSA) is 101 Å². The molecule has 9 heteroatoms. The SMILES string of the molecule is COC(=O)c1cc(F)ccc1NS(=O)(=O)c1cn[nH]c1. The quantitative estimate of drug-likeness (QED) is 0.824. The summed E-state index contributed by atoms with van der Waals surface area (Å²) in [5.41, 5.74) is -0.306. The van der Waals surface area contributed by atoms with Crippen LogP contribution in [0, 0.1) is 5.82 Å². The first-order chi connectivity index (χ1) is 9.44. The Labute approximate surface area is 113 Å². The molecule has 106 valence electrons. The van der Waals surface area contributed by atoms with Gasteiger partial charge >= 0.3 is 5.97 Å². The van der Waals surface area contributed by atoms with Gasteiger partial charge in [0.1, 0.15) is 10.7 Å². The monoisotopic (exact) mass is 299 g/mol. The molecule has 0 aliphatic carbocycles. The molecule has 1 heterocycles. The van der Waals surface area contributed by atoms with Crippen molar-refractivity contribution < 1.29 is 22.3 Å². The molecule has 0 atom stereocenters. The lowest BCUT2D eigenvalue weighted by Gasteiger charge is -2.10. The Bertz CT molecular complexity index is 728. The largest absolute Gasteiger partial charge is 0.465 e. The van der Waals surface area contributed by atoms with Gasteiger partial charge in [0.2, 0.25) is 0 Å². The predicted molar refractivity (Wildman–Crippen MR) is 67.1 cm³/mol. The van der Waals surface area contributed by atoms with Gasteiger partial charge in [-0.05, 0) is 18.2 Å². The van der Waals surface area contributed by atoms with Gasteiger partial charge < -0.3 is 4.74 Å². The van der Waals surface area contributed by atoms with E-state index in [1.54, 1.807) is 0 Å². The van der Waals surface area contributed by atoms with Gasteiger partial charge in [-0.25, -0.2) is 17.6 Å². The van der Waals surface area contributed by atoms with Crippen LogP contribution in [0.4, 0.5) is 10.1 Å². The van der Waals surface area contributed by atoms with Crippen molar-refractivity contribution in [3.63, 3.8) is 0 Å². The summed E-state index contributed by atoms with van der Waals surface area (Å²) in [7, 11) is -2.81. The maximum Gasteiger partial charge on any atom is 0.340 e. The summed E-state index contributed by atoms with van der Waals surface area (Å²) in [6, 6.07) is 3.05. The van der Waals surface area contributed by atoms with E-state index in [0.717, 1.165) is 31.5 Å². The molecule has 0 aliphatic rings. The molecule has 0 saturated heterocycles. The molecule has 1 aromatic carbocycles. The van der Waals surface area contributed by atoms with Crippen LogP contribution in [0.2, 0.25) is 0 Å². The highest BCUT2D eigenvalue weighted by Gasteiger charge is 2.20. The van der Waals surface area contributed by atoms with Crippen molar-refractivity contribution in [1.82, 2.24) is 10.2 Å². The summed E-state index contributed by atoms with van der Waals surface area (Å²) in [4.78, 5) is 11.4. The maximum absolute atomic E-state index is 13.2. The first-order valence-corrected chi connectivity index (χ1v) is 6.82. The zero-order valence-corrected chi connectivity index (χ0v) is 11.1. The molecule has 0 amide bonds. The van der Waals surface area contributed by atoms with Crippen LogP contribution >= 0.6 is 0 Å². The second kappa shape index (κ2) is 5.29. The van der Waals surface area contributed by atoms with Crippen LogP contribution in [-0.2, 0) is 14.8 Å². The van der Waals surface area contributed by atoms with E-state index in [0.29, 0.717) is 0 Å². The van der Waals surface area contributed by atoms with E-state index in [-0.39, 0.29) is 16.1 Å². The van der Waals surface area contributed by atoms with E-state index >= 15 is 0 Å². The third kappa shape index (κ3) is 2.77. The zero-order chi connectivity index (χ0) is 14.8. The van der Waals surface area contributed by atoms with Gasteiger partial charge in [0.15, 0.2) is 0 Å². The Morgan fingerprint density at radius 2 is 2.20 bits per heavy atom. The number of hydrogen-bond donors (Lipinski definition) is 2. The highest BCUT2D eigenvalue weighted by Crippen LogP contribution is 2.21. The van der Waals surface area contributed by atoms with Gasteiger partial charge in [-0.3, -0.25) is 9.82 Å². The molecule has 2 aromatic rings. The van der Waals surface area contributed by atoms with Crippen molar-refractivity contribution in [2.45, 2.75) is 4.90 Å². The third-order valence-corrected chi connectivity index (χ3v) is 3.75. The minimum Gasteiger partial charge on any atom is -0.465 e. The van der Waals surface area contributed by atoms with E-state index in [1.807, 2.05) is 0 Å². The first kappa shape index (κ1) is 14.0. The molecule has 20 heavy (non-hydrogen) atoms. The fourth-order valence-corrected chi connectivity index (χ4v) is 2.46. The number of carbonyl (C=O) groups excluding carboxylic acids is 1. The van der Waals surface area contributed by atoms with Crippen LogP contribution in [0.5, 0.6) is 0 Å². The Morgan fingerprint density at radius 3 is 2.80 bits per heavy atom. The highest BCUT2D eigenvalue weighted by atomic mass is 32.2. The van der Waals surface area contributed by atoms with Crippen molar-refractivity contribution in [1.29, 1.82) is 0 Å². The van der Waals surface area contributed by atoms with Gasteiger partial charge in [-0.15, -0.1) is 0 Å². The van der Waals surface area contributed by atoms with Crippen molar-refractivity contribution in [2.24, 2.45) is 0 Å². The Hall–Kier alpha value is -2.42. The maximum atomic E-state index is 13.2. The van der Waals surface area contributed by atoms with Crippen LogP contribution in [0.15, 0.2) is 35.5 Å². The fourth-order valence-electron chi connectivity index (χ4n) is 1.47. The molecular formula is C11H10FN3O4S. The number of methoxy groups -OCH3 is 1. The van der Waals surface area contributed by atoms with Crippen molar-refractivity contribution in [3.8, 4) is 0 Å². The normalized spacial score (nSPS) is 11.1. The Kier molecular flexibility index (Phi) is 3.70. The Morgan fingerprint density at radius 1 is 1.45 bits per heavy atom. The lowest BCUT2D eigenvalue weighted by Crippen LogP contribution is -2.15. The number of H-pyrrole nitrogens is 1. The minimum atomic E-state index is -3.92. The summed E-state index contributed by atoms with van der Waals surface area (Å²) < 4.78 is 43.8. The van der Waals surface area contributed by atoms with E-state index in [2.05, 4.69) is 19.7 Å². The van der Waals surface area contributed by atoms with Gasteiger partial charge in [-0.1, -0.05) is 0 Å². The molecule has 2 rings (SSSR count). The van der Waals surface area contributed by atoms with Crippen LogP contribution in [0.25, 0.3) is 0 Å². The third-order valence-electron chi connectivity index (χ3n) is 2.41. The van der Waals surface area contributed by atoms with Gasteiger partial charge in [0, 0.05) is 6.20 Å². The zero-order valence-electron chi connectivity index (χ0n) is 10.3. The number of halogens is 1. The average molecular weight is 299 g/mol. The number of aromatic amines is 1. The molecule has 1 aromatic heterocycles. The number of anilines is 1. The van der Waals surface area contributed by atoms with E-state index in [1.165, 1.54) is 6.20 Å². The highest BCUT2D eigenvalue weighted by molar-refractivity contribution is 7.92. The lowest BCUT2D eigenvalue weighted by atomic mass is 10.2. The minimum absolute atomic E-state index is 0.0838. The van der Waals surface area contributed by atoms with Gasteiger partial charge in [-0.2, -0.15) is 5.10 Å². The van der Waals surface area contributed by atoms with Crippen molar-refractivity contribution in [3.05, 3.63) is 42.0 Å². The lowest BCUT2D eigenvalue weighted by molar-refractivity contribution is 0.0601. The van der Waals surface area contributed by atoms with E-state index in [9.17, 15) is 17.6 Å². The van der Waals surface area contributed by atoms with Crippen LogP contribution in [0.3, 0.4) is 0 Å². The summed E-state index contributed by atoms with van der Waals surface area (Å²) in [6.07, 6.45) is 2.27.